The van der Waals surface area contributed by atoms with E-state index in [1.54, 1.807) is 6.07 Å². The van der Waals surface area contributed by atoms with E-state index in [1.807, 2.05) is 4.72 Å². The van der Waals surface area contributed by atoms with Crippen molar-refractivity contribution in [2.24, 2.45) is 0 Å². The van der Waals surface area contributed by atoms with Gasteiger partial charge in [-0.15, -0.1) is 0 Å². The van der Waals surface area contributed by atoms with E-state index in [-0.39, 0.29) is 16.4 Å². The molecule has 0 saturated heterocycles. The highest BCUT2D eigenvalue weighted by molar-refractivity contribution is 8.08. The van der Waals surface area contributed by atoms with Crippen LogP contribution in [-0.2, 0) is 19.9 Å². The third-order valence-electron chi connectivity index (χ3n) is 1.67. The summed E-state index contributed by atoms with van der Waals surface area (Å²) in [7, 11) is -7.70. The van der Waals surface area contributed by atoms with Crippen LogP contribution in [0.5, 0.6) is 0 Å². The molecule has 3 N–H and O–H groups in total. The smallest absolute Gasteiger partial charge is 0.247 e. The van der Waals surface area contributed by atoms with E-state index < -0.39 is 24.9 Å². The Bertz CT molecular complexity index is 605. The Kier molecular flexibility index (Phi) is 3.90. The van der Waals surface area contributed by atoms with Crippen molar-refractivity contribution in [1.82, 2.24) is 0 Å². The number of nitrogens with two attached hydrogens (primary N) is 1. The van der Waals surface area contributed by atoms with Crippen LogP contribution in [0.25, 0.3) is 0 Å². The molecule has 0 amide bonds. The van der Waals surface area contributed by atoms with E-state index in [0.29, 0.717) is 0 Å². The van der Waals surface area contributed by atoms with Gasteiger partial charge in [0.15, 0.2) is 14.9 Å². The van der Waals surface area contributed by atoms with Gasteiger partial charge in [0.2, 0.25) is 10.0 Å². The number of hydrogen-bond acceptors (Lipinski definition) is 5. The van der Waals surface area contributed by atoms with Gasteiger partial charge in [-0.05, 0) is 12.1 Å². The van der Waals surface area contributed by atoms with Gasteiger partial charge < -0.3 is 5.73 Å². The minimum Gasteiger partial charge on any atom is -0.397 e. The number of rotatable bonds is 4. The summed E-state index contributed by atoms with van der Waals surface area (Å²) < 4.78 is 46.9. The van der Waals surface area contributed by atoms with Crippen LogP contribution in [0.15, 0.2) is 18.2 Å². The maximum atomic E-state index is 11.5. The van der Waals surface area contributed by atoms with Crippen LogP contribution in [0.4, 0.5) is 11.4 Å². The summed E-state index contributed by atoms with van der Waals surface area (Å²) in [5.74, 6) is 0. The molecule has 0 atom stereocenters. The molecule has 96 valence electrons. The van der Waals surface area contributed by atoms with Gasteiger partial charge in [-0.25, -0.2) is 16.8 Å². The molecule has 0 radical (unpaired) electrons. The standard InChI is InChI=1S/C8H11ClN2O4S2/c1-16(12,13)5-17(14,15)11-8-6(9)3-2-4-7(8)10/h2-4,11H,5,10H2,1H3. The maximum absolute atomic E-state index is 11.5. The average Bonchev–Trinajstić information content (AvgIpc) is 2.07. The Morgan fingerprint density at radius 2 is 1.88 bits per heavy atom. The third-order valence-corrected chi connectivity index (χ3v) is 5.46. The SMILES string of the molecule is CS(=O)(=O)CS(=O)(=O)Nc1c(N)cccc1Cl. The summed E-state index contributed by atoms with van der Waals surface area (Å²) in [6, 6.07) is 4.44. The summed E-state index contributed by atoms with van der Waals surface area (Å²) >= 11 is 5.75. The van der Waals surface area contributed by atoms with Crippen molar-refractivity contribution < 1.29 is 16.8 Å². The lowest BCUT2D eigenvalue weighted by Crippen LogP contribution is -2.22. The number of halogens is 1. The molecule has 0 bridgehead atoms. The van der Waals surface area contributed by atoms with Crippen LogP contribution in [0.3, 0.4) is 0 Å². The van der Waals surface area contributed by atoms with Gasteiger partial charge in [-0.3, -0.25) is 4.72 Å². The van der Waals surface area contributed by atoms with Gasteiger partial charge in [-0.2, -0.15) is 0 Å². The van der Waals surface area contributed by atoms with Crippen molar-refractivity contribution in [1.29, 1.82) is 0 Å². The number of sulfone groups is 1. The zero-order valence-corrected chi connectivity index (χ0v) is 11.2. The highest BCUT2D eigenvalue weighted by Gasteiger charge is 2.20. The molecule has 0 saturated carbocycles. The zero-order chi connectivity index (χ0) is 13.3. The number of anilines is 2. The van der Waals surface area contributed by atoms with Crippen molar-refractivity contribution in [3.05, 3.63) is 23.2 Å². The van der Waals surface area contributed by atoms with Crippen LogP contribution in [0.2, 0.25) is 5.02 Å². The summed E-state index contributed by atoms with van der Waals surface area (Å²) in [4.78, 5) is 0. The molecule has 0 aromatic heterocycles. The lowest BCUT2D eigenvalue weighted by atomic mass is 10.3. The fraction of sp³-hybridized carbons (Fsp3) is 0.250. The Hall–Kier alpha value is -0.990. The molecule has 0 spiro atoms. The monoisotopic (exact) mass is 298 g/mol. The predicted octanol–water partition coefficient (Wildman–Crippen LogP) is 0.666. The topological polar surface area (TPSA) is 106 Å². The highest BCUT2D eigenvalue weighted by Crippen LogP contribution is 2.28. The molecule has 1 aromatic rings. The molecule has 0 unspecified atom stereocenters. The van der Waals surface area contributed by atoms with E-state index >= 15 is 0 Å². The predicted molar refractivity (Wildman–Crippen MR) is 68.1 cm³/mol. The second-order valence-corrected chi connectivity index (χ2v) is 8.10. The lowest BCUT2D eigenvalue weighted by molar-refractivity contribution is 0.595. The molecule has 9 heteroatoms. The number of hydrogen-bond donors (Lipinski definition) is 2. The van der Waals surface area contributed by atoms with Crippen molar-refractivity contribution in [2.75, 3.05) is 21.8 Å². The first-order valence-electron chi connectivity index (χ1n) is 4.33. The van der Waals surface area contributed by atoms with Gasteiger partial charge in [0.1, 0.15) is 0 Å². The molecule has 0 aliphatic rings. The maximum Gasteiger partial charge on any atom is 0.247 e. The Labute approximate surface area is 105 Å². The second kappa shape index (κ2) is 4.71. The average molecular weight is 299 g/mol. The van der Waals surface area contributed by atoms with Gasteiger partial charge in [0.05, 0.1) is 16.4 Å². The molecule has 0 aliphatic carbocycles. The minimum absolute atomic E-state index is 0.0159. The fourth-order valence-corrected chi connectivity index (χ4v) is 4.43. The lowest BCUT2D eigenvalue weighted by Gasteiger charge is -2.10. The van der Waals surface area contributed by atoms with E-state index in [1.165, 1.54) is 12.1 Å². The van der Waals surface area contributed by atoms with E-state index in [9.17, 15) is 16.8 Å². The van der Waals surface area contributed by atoms with Gasteiger partial charge in [-0.1, -0.05) is 17.7 Å². The largest absolute Gasteiger partial charge is 0.397 e. The van der Waals surface area contributed by atoms with E-state index in [0.717, 1.165) is 6.26 Å². The Morgan fingerprint density at radius 3 is 2.35 bits per heavy atom. The summed E-state index contributed by atoms with van der Waals surface area (Å²) in [5.41, 5.74) is 5.64. The normalized spacial score (nSPS) is 12.4. The number of nitrogens with one attached hydrogen (secondary N) is 1. The third kappa shape index (κ3) is 4.41. The number of para-hydroxylation sites is 1. The molecule has 0 aliphatic heterocycles. The first-order chi connectivity index (χ1) is 7.61. The molecular formula is C8H11ClN2O4S2. The number of nitrogen functional groups attached to an aromatic ring is 1. The molecule has 0 heterocycles. The van der Waals surface area contributed by atoms with Crippen molar-refractivity contribution in [3.63, 3.8) is 0 Å². The first-order valence-corrected chi connectivity index (χ1v) is 8.42. The van der Waals surface area contributed by atoms with Gasteiger partial charge >= 0.3 is 0 Å². The van der Waals surface area contributed by atoms with E-state index in [2.05, 4.69) is 0 Å². The molecule has 1 aromatic carbocycles. The summed E-state index contributed by atoms with van der Waals surface area (Å²) in [6.07, 6.45) is 0.822. The summed E-state index contributed by atoms with van der Waals surface area (Å²) in [6.45, 7) is 0. The molecule has 1 rings (SSSR count). The van der Waals surface area contributed by atoms with Crippen molar-refractivity contribution in [3.8, 4) is 0 Å². The Morgan fingerprint density at radius 1 is 1.29 bits per heavy atom. The van der Waals surface area contributed by atoms with Crippen molar-refractivity contribution in [2.45, 2.75) is 0 Å². The minimum atomic E-state index is -4.04. The molecule has 17 heavy (non-hydrogen) atoms. The van der Waals surface area contributed by atoms with Crippen LogP contribution in [0, 0.1) is 0 Å². The summed E-state index contributed by atoms with van der Waals surface area (Å²) in [5, 5.41) is -0.924. The van der Waals surface area contributed by atoms with Gasteiger partial charge in [0.25, 0.3) is 0 Å². The molecule has 0 fully saturated rings. The number of sulfonamides is 1. The molecule has 6 nitrogen and oxygen atoms in total. The van der Waals surface area contributed by atoms with Gasteiger partial charge in [0, 0.05) is 6.26 Å². The highest BCUT2D eigenvalue weighted by atomic mass is 35.5. The molecular weight excluding hydrogens is 288 g/mol. The fourth-order valence-electron chi connectivity index (χ4n) is 1.12. The van der Waals surface area contributed by atoms with Crippen LogP contribution in [-0.4, -0.2) is 28.2 Å². The second-order valence-electron chi connectivity index (χ2n) is 3.46. The zero-order valence-electron chi connectivity index (χ0n) is 8.84. The first kappa shape index (κ1) is 14.1. The Balaban J connectivity index is 3.07. The van der Waals surface area contributed by atoms with Crippen LogP contribution >= 0.6 is 11.6 Å². The van der Waals surface area contributed by atoms with E-state index in [4.69, 9.17) is 17.3 Å². The van der Waals surface area contributed by atoms with Crippen LogP contribution in [0.1, 0.15) is 0 Å². The van der Waals surface area contributed by atoms with Crippen molar-refractivity contribution >= 4 is 42.8 Å². The quantitative estimate of drug-likeness (QED) is 0.794. The van der Waals surface area contributed by atoms with Crippen LogP contribution < -0.4 is 10.5 Å². The number of benzene rings is 1.